The summed E-state index contributed by atoms with van der Waals surface area (Å²) in [6.07, 6.45) is 0.270. The minimum absolute atomic E-state index is 0.270. The van der Waals surface area contributed by atoms with E-state index < -0.39 is 12.0 Å². The highest BCUT2D eigenvalue weighted by Crippen LogP contribution is 2.03. The standard InChI is InChI=1S/C4H8N2O3S/c5-3(4(7)8)1-2-10-6-9/h3H,1-2,5H2,(H,7,8)/t3-/m0/s1. The highest BCUT2D eigenvalue weighted by Gasteiger charge is 2.09. The van der Waals surface area contributed by atoms with Crippen molar-refractivity contribution in [2.24, 2.45) is 10.3 Å². The molecule has 0 bridgehead atoms. The first-order chi connectivity index (χ1) is 4.68. The second-order valence-electron chi connectivity index (χ2n) is 1.64. The maximum atomic E-state index is 10.1. The van der Waals surface area contributed by atoms with Crippen LogP contribution >= 0.6 is 11.9 Å². The summed E-state index contributed by atoms with van der Waals surface area (Å²) in [5.41, 5.74) is 5.10. The van der Waals surface area contributed by atoms with Crippen LogP contribution in [0.15, 0.2) is 4.58 Å². The van der Waals surface area contributed by atoms with Crippen LogP contribution in [0.1, 0.15) is 6.42 Å². The van der Waals surface area contributed by atoms with Crippen LogP contribution in [0.3, 0.4) is 0 Å². The van der Waals surface area contributed by atoms with Crippen molar-refractivity contribution in [3.8, 4) is 0 Å². The first-order valence-electron chi connectivity index (χ1n) is 2.61. The van der Waals surface area contributed by atoms with Gasteiger partial charge in [-0.2, -0.15) is 0 Å². The topological polar surface area (TPSA) is 92.8 Å². The van der Waals surface area contributed by atoms with Crippen LogP contribution < -0.4 is 5.73 Å². The molecule has 58 valence electrons. The van der Waals surface area contributed by atoms with E-state index in [9.17, 15) is 9.70 Å². The summed E-state index contributed by atoms with van der Waals surface area (Å²) in [5.74, 6) is -0.691. The van der Waals surface area contributed by atoms with Gasteiger partial charge in [0.15, 0.2) is 0 Å². The van der Waals surface area contributed by atoms with Gasteiger partial charge in [0.05, 0.1) is 0 Å². The van der Waals surface area contributed by atoms with Gasteiger partial charge in [0.1, 0.15) is 6.04 Å². The number of hydrogen-bond donors (Lipinski definition) is 2. The monoisotopic (exact) mass is 164 g/mol. The molecule has 0 radical (unpaired) electrons. The van der Waals surface area contributed by atoms with Crippen molar-refractivity contribution in [1.29, 1.82) is 0 Å². The molecule has 5 nitrogen and oxygen atoms in total. The van der Waals surface area contributed by atoms with Gasteiger partial charge in [-0.3, -0.25) is 4.79 Å². The molecule has 0 aliphatic heterocycles. The minimum Gasteiger partial charge on any atom is -0.480 e. The second kappa shape index (κ2) is 5.19. The summed E-state index contributed by atoms with van der Waals surface area (Å²) in [5, 5.41) is 8.24. The zero-order valence-electron chi connectivity index (χ0n) is 5.19. The van der Waals surface area contributed by atoms with E-state index in [1.165, 1.54) is 0 Å². The van der Waals surface area contributed by atoms with Gasteiger partial charge in [-0.25, -0.2) is 0 Å². The first kappa shape index (κ1) is 9.38. The molecule has 0 aromatic rings. The van der Waals surface area contributed by atoms with Crippen molar-refractivity contribution in [2.45, 2.75) is 12.5 Å². The molecule has 1 atom stereocenters. The molecule has 3 N–H and O–H groups in total. The van der Waals surface area contributed by atoms with Gasteiger partial charge in [0.2, 0.25) is 0 Å². The van der Waals surface area contributed by atoms with Crippen molar-refractivity contribution in [3.05, 3.63) is 4.91 Å². The third-order valence-corrected chi connectivity index (χ3v) is 1.41. The van der Waals surface area contributed by atoms with E-state index in [-0.39, 0.29) is 6.42 Å². The fourth-order valence-corrected chi connectivity index (χ4v) is 0.774. The third-order valence-electron chi connectivity index (χ3n) is 0.890. The lowest BCUT2D eigenvalue weighted by atomic mass is 10.2. The van der Waals surface area contributed by atoms with Gasteiger partial charge in [0, 0.05) is 22.3 Å². The lowest BCUT2D eigenvalue weighted by Gasteiger charge is -2.01. The molecule has 0 saturated carbocycles. The SMILES string of the molecule is N[C@@H](CCSN=O)C(=O)O. The minimum atomic E-state index is -1.05. The first-order valence-corrected chi connectivity index (χ1v) is 3.55. The number of carboxylic acid groups (broad SMARTS) is 1. The maximum absolute atomic E-state index is 10.1. The Kier molecular flexibility index (Phi) is 4.87. The molecule has 0 aromatic carbocycles. The van der Waals surface area contributed by atoms with E-state index in [1.807, 2.05) is 0 Å². The molecule has 10 heavy (non-hydrogen) atoms. The number of nitroso groups, excluding NO2 is 1. The predicted octanol–water partition coefficient (Wildman–Crippen LogP) is 0.203. The largest absolute Gasteiger partial charge is 0.480 e. The Bertz CT molecular complexity index is 130. The fraction of sp³-hybridized carbons (Fsp3) is 0.750. The Hall–Kier alpha value is -0.620. The van der Waals surface area contributed by atoms with Gasteiger partial charge in [0.25, 0.3) is 0 Å². The number of nitrogens with two attached hydrogens (primary N) is 1. The molecule has 0 saturated heterocycles. The van der Waals surface area contributed by atoms with Crippen LogP contribution in [0, 0.1) is 4.91 Å². The van der Waals surface area contributed by atoms with E-state index in [1.54, 1.807) is 0 Å². The third kappa shape index (κ3) is 4.28. The number of carbonyl (C=O) groups is 1. The van der Waals surface area contributed by atoms with Crippen molar-refractivity contribution >= 4 is 17.9 Å². The molecule has 0 rings (SSSR count). The van der Waals surface area contributed by atoms with Gasteiger partial charge in [-0.05, 0) is 6.42 Å². The number of rotatable bonds is 5. The summed E-state index contributed by atoms with van der Waals surface area (Å²) in [4.78, 5) is 19.5. The zero-order chi connectivity index (χ0) is 7.98. The van der Waals surface area contributed by atoms with Crippen molar-refractivity contribution < 1.29 is 9.90 Å². The van der Waals surface area contributed by atoms with E-state index in [0.717, 1.165) is 11.9 Å². The van der Waals surface area contributed by atoms with Crippen molar-refractivity contribution in [1.82, 2.24) is 0 Å². The average molecular weight is 164 g/mol. The van der Waals surface area contributed by atoms with E-state index in [0.29, 0.717) is 5.75 Å². The molecule has 0 unspecified atom stereocenters. The van der Waals surface area contributed by atoms with Gasteiger partial charge >= 0.3 is 5.97 Å². The summed E-state index contributed by atoms with van der Waals surface area (Å²) in [6, 6.07) is -0.880. The van der Waals surface area contributed by atoms with E-state index in [4.69, 9.17) is 10.8 Å². The number of hydrogen-bond acceptors (Lipinski definition) is 5. The Morgan fingerprint density at radius 2 is 2.40 bits per heavy atom. The van der Waals surface area contributed by atoms with E-state index >= 15 is 0 Å². The van der Waals surface area contributed by atoms with Gasteiger partial charge in [-0.15, -0.1) is 4.91 Å². The quantitative estimate of drug-likeness (QED) is 0.344. The molecule has 0 aliphatic rings. The van der Waals surface area contributed by atoms with Crippen LogP contribution in [0.25, 0.3) is 0 Å². The molecular formula is C4H8N2O3S. The van der Waals surface area contributed by atoms with Gasteiger partial charge < -0.3 is 10.8 Å². The van der Waals surface area contributed by atoms with Crippen molar-refractivity contribution in [2.75, 3.05) is 5.75 Å². The van der Waals surface area contributed by atoms with Crippen LogP contribution in [-0.2, 0) is 4.79 Å². The average Bonchev–Trinajstić information content (AvgIpc) is 1.88. The smallest absolute Gasteiger partial charge is 0.320 e. The summed E-state index contributed by atoms with van der Waals surface area (Å²) < 4.78 is 2.49. The predicted molar refractivity (Wildman–Crippen MR) is 38.5 cm³/mol. The highest BCUT2D eigenvalue weighted by molar-refractivity contribution is 7.97. The molecule has 0 fully saturated rings. The highest BCUT2D eigenvalue weighted by atomic mass is 32.2. The molecule has 0 spiro atoms. The normalized spacial score (nSPS) is 12.5. The van der Waals surface area contributed by atoms with Crippen molar-refractivity contribution in [3.63, 3.8) is 0 Å². The Balaban J connectivity index is 3.30. The molecule has 0 heterocycles. The second-order valence-corrected chi connectivity index (χ2v) is 2.46. The van der Waals surface area contributed by atoms with E-state index in [2.05, 4.69) is 4.58 Å². The maximum Gasteiger partial charge on any atom is 0.320 e. The molecule has 0 aliphatic carbocycles. The number of aliphatic carboxylic acids is 1. The summed E-state index contributed by atoms with van der Waals surface area (Å²) in [7, 11) is 0. The Labute approximate surface area is 62.1 Å². The fourth-order valence-electron chi connectivity index (χ4n) is 0.340. The number of carboxylic acids is 1. The van der Waals surface area contributed by atoms with Crippen LogP contribution in [0.2, 0.25) is 0 Å². The Morgan fingerprint density at radius 1 is 1.80 bits per heavy atom. The molecule has 0 aromatic heterocycles. The van der Waals surface area contributed by atoms with Crippen LogP contribution in [0.5, 0.6) is 0 Å². The zero-order valence-corrected chi connectivity index (χ0v) is 6.00. The van der Waals surface area contributed by atoms with Crippen LogP contribution in [0.4, 0.5) is 0 Å². The summed E-state index contributed by atoms with van der Waals surface area (Å²) in [6.45, 7) is 0. The van der Waals surface area contributed by atoms with Gasteiger partial charge in [-0.1, -0.05) is 0 Å². The van der Waals surface area contributed by atoms with Crippen LogP contribution in [-0.4, -0.2) is 22.9 Å². The summed E-state index contributed by atoms with van der Waals surface area (Å²) >= 11 is 0.780. The molecule has 6 heteroatoms. The lowest BCUT2D eigenvalue weighted by Crippen LogP contribution is -2.30. The lowest BCUT2D eigenvalue weighted by molar-refractivity contribution is -0.138. The Morgan fingerprint density at radius 3 is 2.80 bits per heavy atom. The molecule has 0 amide bonds. The molecular weight excluding hydrogens is 156 g/mol. The number of nitrogens with zero attached hydrogens (tertiary/aromatic N) is 1.